The summed E-state index contributed by atoms with van der Waals surface area (Å²) < 4.78 is 11.2. The van der Waals surface area contributed by atoms with Gasteiger partial charge in [-0.3, -0.25) is 9.69 Å². The van der Waals surface area contributed by atoms with Gasteiger partial charge in [0, 0.05) is 43.6 Å². The number of nitrogens with zero attached hydrogens (tertiary/aromatic N) is 4. The maximum absolute atomic E-state index is 12.2. The van der Waals surface area contributed by atoms with Crippen molar-refractivity contribution >= 4 is 5.91 Å². The molecule has 0 aromatic carbocycles. The first-order chi connectivity index (χ1) is 12.6. The summed E-state index contributed by atoms with van der Waals surface area (Å²) in [5.74, 6) is 1.53. The van der Waals surface area contributed by atoms with E-state index in [0.29, 0.717) is 30.6 Å². The maximum Gasteiger partial charge on any atom is 0.252 e. The minimum atomic E-state index is -0.117. The molecular formula is C18H23N5O3. The van der Waals surface area contributed by atoms with E-state index in [1.807, 2.05) is 13.8 Å². The third-order valence-corrected chi connectivity index (χ3v) is 5.45. The number of hydrogen-bond acceptors (Lipinski definition) is 7. The molecule has 2 aromatic heterocycles. The number of nitrogens with one attached hydrogen (secondary N) is 1. The maximum atomic E-state index is 12.2. The van der Waals surface area contributed by atoms with Crippen molar-refractivity contribution in [3.8, 4) is 0 Å². The third kappa shape index (κ3) is 3.34. The second kappa shape index (κ2) is 7.13. The van der Waals surface area contributed by atoms with Crippen molar-refractivity contribution in [1.82, 2.24) is 25.6 Å². The van der Waals surface area contributed by atoms with Crippen LogP contribution >= 0.6 is 0 Å². The van der Waals surface area contributed by atoms with Gasteiger partial charge in [-0.05, 0) is 19.9 Å². The van der Waals surface area contributed by atoms with E-state index < -0.39 is 0 Å². The van der Waals surface area contributed by atoms with Crippen LogP contribution in [0.3, 0.4) is 0 Å². The molecule has 0 radical (unpaired) electrons. The highest BCUT2D eigenvalue weighted by Gasteiger charge is 2.43. The zero-order chi connectivity index (χ0) is 18.1. The van der Waals surface area contributed by atoms with Gasteiger partial charge in [0.1, 0.15) is 5.76 Å². The summed E-state index contributed by atoms with van der Waals surface area (Å²) in [5.41, 5.74) is 2.65. The van der Waals surface area contributed by atoms with Gasteiger partial charge in [0.05, 0.1) is 36.4 Å². The lowest BCUT2D eigenvalue weighted by Gasteiger charge is -2.19. The van der Waals surface area contributed by atoms with Crippen molar-refractivity contribution in [2.45, 2.75) is 26.5 Å². The Bertz CT molecular complexity index is 759. The van der Waals surface area contributed by atoms with Crippen LogP contribution in [0.5, 0.6) is 0 Å². The molecule has 0 spiro atoms. The average Bonchev–Trinajstić information content (AvgIpc) is 3.31. The summed E-state index contributed by atoms with van der Waals surface area (Å²) in [5, 5.41) is 14.5. The Hall–Kier alpha value is -2.32. The van der Waals surface area contributed by atoms with Gasteiger partial charge >= 0.3 is 0 Å². The highest BCUT2D eigenvalue weighted by Crippen LogP contribution is 2.34. The largest absolute Gasteiger partial charge is 0.376 e. The SMILES string of the molecule is Cc1noc(C)c1CN1C[C@H]2[C@@H](CNC(=O)c3ccnnc3)CO[C@H]2C1. The topological polar surface area (TPSA) is 93.4 Å². The molecule has 0 unspecified atom stereocenters. The number of rotatable bonds is 5. The molecule has 1 amide bonds. The summed E-state index contributed by atoms with van der Waals surface area (Å²) >= 11 is 0. The van der Waals surface area contributed by atoms with E-state index in [-0.39, 0.29) is 12.0 Å². The molecule has 3 atom stereocenters. The number of fused-ring (bicyclic) bond motifs is 1. The van der Waals surface area contributed by atoms with Gasteiger partial charge in [-0.15, -0.1) is 0 Å². The van der Waals surface area contributed by atoms with E-state index in [4.69, 9.17) is 9.26 Å². The van der Waals surface area contributed by atoms with Gasteiger partial charge in [0.15, 0.2) is 0 Å². The van der Waals surface area contributed by atoms with E-state index in [1.165, 1.54) is 18.0 Å². The normalized spacial score (nSPS) is 25.4. The summed E-state index contributed by atoms with van der Waals surface area (Å²) in [6.07, 6.45) is 3.23. The highest BCUT2D eigenvalue weighted by atomic mass is 16.5. The molecular weight excluding hydrogens is 334 g/mol. The van der Waals surface area contributed by atoms with Crippen molar-refractivity contribution in [1.29, 1.82) is 0 Å². The van der Waals surface area contributed by atoms with Crippen LogP contribution in [0.15, 0.2) is 23.0 Å². The van der Waals surface area contributed by atoms with Crippen LogP contribution in [0.4, 0.5) is 0 Å². The van der Waals surface area contributed by atoms with Crippen LogP contribution < -0.4 is 5.32 Å². The monoisotopic (exact) mass is 357 g/mol. The number of hydrogen-bond donors (Lipinski definition) is 1. The molecule has 2 saturated heterocycles. The predicted molar refractivity (Wildman–Crippen MR) is 92.3 cm³/mol. The van der Waals surface area contributed by atoms with Crippen LogP contribution in [0.25, 0.3) is 0 Å². The van der Waals surface area contributed by atoms with Crippen LogP contribution in [-0.4, -0.2) is 58.5 Å². The molecule has 2 aromatic rings. The number of likely N-dealkylation sites (tertiary alicyclic amines) is 1. The first-order valence-electron chi connectivity index (χ1n) is 8.92. The Morgan fingerprint density at radius 3 is 2.96 bits per heavy atom. The zero-order valence-corrected chi connectivity index (χ0v) is 15.0. The van der Waals surface area contributed by atoms with Gasteiger partial charge in [-0.2, -0.15) is 10.2 Å². The molecule has 1 N–H and O–H groups in total. The fourth-order valence-electron chi connectivity index (χ4n) is 3.92. The minimum Gasteiger partial charge on any atom is -0.376 e. The smallest absolute Gasteiger partial charge is 0.252 e. The lowest BCUT2D eigenvalue weighted by Crippen LogP contribution is -2.34. The van der Waals surface area contributed by atoms with Gasteiger partial charge in [0.25, 0.3) is 5.91 Å². The number of carbonyl (C=O) groups excluding carboxylic acids is 1. The molecule has 0 bridgehead atoms. The lowest BCUT2D eigenvalue weighted by atomic mass is 9.93. The fourth-order valence-corrected chi connectivity index (χ4v) is 3.92. The Morgan fingerprint density at radius 2 is 2.23 bits per heavy atom. The zero-order valence-electron chi connectivity index (χ0n) is 15.0. The molecule has 4 heterocycles. The molecule has 0 saturated carbocycles. The molecule has 8 heteroatoms. The van der Waals surface area contributed by atoms with Crippen LogP contribution in [-0.2, 0) is 11.3 Å². The van der Waals surface area contributed by atoms with Crippen molar-refractivity contribution in [2.75, 3.05) is 26.2 Å². The second-order valence-corrected chi connectivity index (χ2v) is 7.13. The van der Waals surface area contributed by atoms with Gasteiger partial charge in [0.2, 0.25) is 0 Å². The van der Waals surface area contributed by atoms with Crippen LogP contribution in [0.1, 0.15) is 27.4 Å². The Labute approximate surface area is 151 Å². The Morgan fingerprint density at radius 1 is 1.35 bits per heavy atom. The first kappa shape index (κ1) is 17.1. The van der Waals surface area contributed by atoms with E-state index in [1.54, 1.807) is 6.07 Å². The first-order valence-corrected chi connectivity index (χ1v) is 8.92. The van der Waals surface area contributed by atoms with Crippen molar-refractivity contribution < 1.29 is 14.1 Å². The average molecular weight is 357 g/mol. The Kier molecular flexibility index (Phi) is 4.69. The number of aryl methyl sites for hydroxylation is 2. The van der Waals surface area contributed by atoms with E-state index in [0.717, 1.165) is 31.1 Å². The fraction of sp³-hybridized carbons (Fsp3) is 0.556. The number of amides is 1. The van der Waals surface area contributed by atoms with E-state index >= 15 is 0 Å². The second-order valence-electron chi connectivity index (χ2n) is 7.13. The lowest BCUT2D eigenvalue weighted by molar-refractivity contribution is 0.0903. The van der Waals surface area contributed by atoms with Crippen molar-refractivity contribution in [3.05, 3.63) is 41.0 Å². The molecule has 2 fully saturated rings. The summed E-state index contributed by atoms with van der Waals surface area (Å²) in [7, 11) is 0. The molecule has 2 aliphatic heterocycles. The third-order valence-electron chi connectivity index (χ3n) is 5.45. The van der Waals surface area contributed by atoms with Crippen molar-refractivity contribution in [2.24, 2.45) is 11.8 Å². The summed E-state index contributed by atoms with van der Waals surface area (Å²) in [6, 6.07) is 1.66. The molecule has 138 valence electrons. The predicted octanol–water partition coefficient (Wildman–Crippen LogP) is 0.958. The number of aromatic nitrogens is 3. The summed E-state index contributed by atoms with van der Waals surface area (Å²) in [6.45, 7) is 7.95. The number of carbonyl (C=O) groups is 1. The van der Waals surface area contributed by atoms with Crippen molar-refractivity contribution in [3.63, 3.8) is 0 Å². The molecule has 26 heavy (non-hydrogen) atoms. The van der Waals surface area contributed by atoms with Crippen LogP contribution in [0.2, 0.25) is 0 Å². The molecule has 2 aliphatic rings. The minimum absolute atomic E-state index is 0.117. The van der Waals surface area contributed by atoms with Crippen LogP contribution in [0, 0.1) is 25.7 Å². The van der Waals surface area contributed by atoms with Gasteiger partial charge in [-0.1, -0.05) is 5.16 Å². The van der Waals surface area contributed by atoms with Gasteiger partial charge < -0.3 is 14.6 Å². The number of ether oxygens (including phenoxy) is 1. The highest BCUT2D eigenvalue weighted by molar-refractivity contribution is 5.93. The van der Waals surface area contributed by atoms with Gasteiger partial charge in [-0.25, -0.2) is 0 Å². The quantitative estimate of drug-likeness (QED) is 0.852. The molecule has 0 aliphatic carbocycles. The standard InChI is InChI=1S/C18H23N5O3/c1-11-15(12(2)26-22-11)7-23-8-16-14(10-25-17(16)9-23)5-19-18(24)13-3-4-20-21-6-13/h3-4,6,14,16-17H,5,7-10H2,1-2H3,(H,19,24)/t14-,16-,17-/m0/s1. The summed E-state index contributed by atoms with van der Waals surface area (Å²) in [4.78, 5) is 14.6. The van der Waals surface area contributed by atoms with E-state index in [2.05, 4.69) is 25.6 Å². The van der Waals surface area contributed by atoms with E-state index in [9.17, 15) is 4.79 Å². The molecule has 4 rings (SSSR count). The Balaban J connectivity index is 1.33. The molecule has 8 nitrogen and oxygen atoms in total.